The minimum absolute atomic E-state index is 0.0370. The highest BCUT2D eigenvalue weighted by Gasteiger charge is 2.68. The lowest BCUT2D eigenvalue weighted by Gasteiger charge is -2.65. The molecule has 8 nitrogen and oxygen atoms in total. The molecule has 1 saturated heterocycles. The zero-order valence-electron chi connectivity index (χ0n) is 31.5. The summed E-state index contributed by atoms with van der Waals surface area (Å²) < 4.78 is 32.8. The fourth-order valence-electron chi connectivity index (χ4n) is 15.4. The quantitative estimate of drug-likeness (QED) is 0.188. The minimum Gasteiger partial charge on any atom is -0.465 e. The van der Waals surface area contributed by atoms with Gasteiger partial charge in [0.25, 0.3) is 0 Å². The first-order chi connectivity index (χ1) is 24.3. The molecule has 12 bridgehead atoms. The summed E-state index contributed by atoms with van der Waals surface area (Å²) in [4.78, 5) is 41.9. The lowest BCUT2D eigenvalue weighted by Crippen LogP contribution is -2.68. The Labute approximate surface area is 304 Å². The summed E-state index contributed by atoms with van der Waals surface area (Å²) in [5, 5.41) is 0. The van der Waals surface area contributed by atoms with Crippen LogP contribution in [-0.2, 0) is 38.1 Å². The largest absolute Gasteiger partial charge is 0.465 e. The maximum atomic E-state index is 14.1. The van der Waals surface area contributed by atoms with E-state index in [1.165, 1.54) is 38.5 Å². The first-order valence-corrected chi connectivity index (χ1v) is 21.1. The summed E-state index contributed by atoms with van der Waals surface area (Å²) in [6.07, 6.45) is 17.8. The number of rotatable bonds is 8. The maximum absolute atomic E-state index is 14.1. The third-order valence-corrected chi connectivity index (χ3v) is 16.6. The molecule has 0 aromatic rings. The smallest absolute Gasteiger partial charge is 0.312 e. The van der Waals surface area contributed by atoms with Crippen LogP contribution in [0.5, 0.6) is 0 Å². The van der Waals surface area contributed by atoms with Gasteiger partial charge in [-0.25, -0.2) is 0 Å². The summed E-state index contributed by atoms with van der Waals surface area (Å²) in [5.41, 5.74) is -1.97. The van der Waals surface area contributed by atoms with Gasteiger partial charge in [-0.3, -0.25) is 14.4 Å². The molecule has 13 aliphatic rings. The Hall–Kier alpha value is -1.67. The molecule has 0 aromatic carbocycles. The molecule has 1 spiro atoms. The third kappa shape index (κ3) is 5.50. The van der Waals surface area contributed by atoms with E-state index in [-0.39, 0.29) is 59.2 Å². The number of hydrogen-bond donors (Lipinski definition) is 0. The fraction of sp³-hybridized carbons (Fsp3) is 0.930. The summed E-state index contributed by atoms with van der Waals surface area (Å²) in [7, 11) is 0. The van der Waals surface area contributed by atoms with Crippen LogP contribution in [0.2, 0.25) is 0 Å². The van der Waals surface area contributed by atoms with Gasteiger partial charge in [0.1, 0.15) is 13.2 Å². The van der Waals surface area contributed by atoms with Crippen molar-refractivity contribution in [1.82, 2.24) is 0 Å². The zero-order valence-corrected chi connectivity index (χ0v) is 31.5. The van der Waals surface area contributed by atoms with Crippen LogP contribution >= 0.6 is 0 Å². The molecule has 282 valence electrons. The Balaban J connectivity index is 0.862. The second-order valence-electron chi connectivity index (χ2n) is 22.1. The van der Waals surface area contributed by atoms with Gasteiger partial charge in [0.2, 0.25) is 0 Å². The molecule has 1 aliphatic heterocycles. The van der Waals surface area contributed by atoms with Crippen LogP contribution in [0, 0.1) is 80.3 Å². The summed E-state index contributed by atoms with van der Waals surface area (Å²) in [6, 6.07) is 0. The van der Waals surface area contributed by atoms with Crippen LogP contribution in [0.4, 0.5) is 0 Å². The summed E-state index contributed by atoms with van der Waals surface area (Å²) in [6.45, 7) is 7.70. The van der Waals surface area contributed by atoms with Crippen LogP contribution in [0.25, 0.3) is 0 Å². The second kappa shape index (κ2) is 11.4. The molecule has 0 N–H and O–H groups in total. The second-order valence-corrected chi connectivity index (χ2v) is 22.1. The van der Waals surface area contributed by atoms with Gasteiger partial charge in [-0.1, -0.05) is 20.8 Å². The summed E-state index contributed by atoms with van der Waals surface area (Å²) >= 11 is 0. The fourth-order valence-corrected chi connectivity index (χ4v) is 15.4. The van der Waals surface area contributed by atoms with E-state index in [0.29, 0.717) is 61.2 Å². The van der Waals surface area contributed by atoms with Crippen LogP contribution in [-0.4, -0.2) is 56.7 Å². The molecule has 0 aromatic heterocycles. The van der Waals surface area contributed by atoms with Crippen molar-refractivity contribution in [2.75, 3.05) is 33.0 Å². The molecule has 13 rings (SSSR count). The number of hydrogen-bond acceptors (Lipinski definition) is 8. The highest BCUT2D eigenvalue weighted by Crippen LogP contribution is 2.67. The number of carbonyl (C=O) groups is 3. The van der Waals surface area contributed by atoms with E-state index >= 15 is 0 Å². The highest BCUT2D eigenvalue weighted by atomic mass is 16.7. The molecule has 2 unspecified atom stereocenters. The van der Waals surface area contributed by atoms with E-state index in [4.69, 9.17) is 23.7 Å². The lowest BCUT2D eigenvalue weighted by molar-refractivity contribution is -0.391. The average molecular weight is 707 g/mol. The number of carbonyl (C=O) groups excluding carboxylic acids is 3. The van der Waals surface area contributed by atoms with Gasteiger partial charge >= 0.3 is 17.9 Å². The molecule has 13 fully saturated rings. The molecule has 51 heavy (non-hydrogen) atoms. The van der Waals surface area contributed by atoms with E-state index in [9.17, 15) is 14.4 Å². The topological polar surface area (TPSA) is 97.4 Å². The molecular formula is C43H62O8. The number of esters is 3. The van der Waals surface area contributed by atoms with E-state index < -0.39 is 16.6 Å². The Kier molecular flexibility index (Phi) is 7.59. The van der Waals surface area contributed by atoms with Crippen LogP contribution in [0.1, 0.15) is 130 Å². The Morgan fingerprint density at radius 3 is 1.22 bits per heavy atom. The Morgan fingerprint density at radius 2 is 0.843 bits per heavy atom. The van der Waals surface area contributed by atoms with Gasteiger partial charge in [-0.05, 0) is 156 Å². The average Bonchev–Trinajstić information content (AvgIpc) is 3.06. The van der Waals surface area contributed by atoms with E-state index in [2.05, 4.69) is 20.8 Å². The molecule has 0 radical (unpaired) electrons. The van der Waals surface area contributed by atoms with Crippen LogP contribution in [0.15, 0.2) is 0 Å². The normalized spacial score (nSPS) is 51.2. The Morgan fingerprint density at radius 1 is 0.510 bits per heavy atom. The van der Waals surface area contributed by atoms with Gasteiger partial charge in [0, 0.05) is 11.8 Å². The van der Waals surface area contributed by atoms with Crippen molar-refractivity contribution in [2.24, 2.45) is 80.3 Å². The van der Waals surface area contributed by atoms with E-state index in [1.54, 1.807) is 0 Å². The van der Waals surface area contributed by atoms with E-state index in [1.807, 2.05) is 0 Å². The molecule has 0 amide bonds. The van der Waals surface area contributed by atoms with Crippen molar-refractivity contribution in [2.45, 2.75) is 136 Å². The molecule has 1 heterocycles. The summed E-state index contributed by atoms with van der Waals surface area (Å²) in [5.74, 6) is 3.80. The molecule has 8 heteroatoms. The standard InChI is InChI=1S/C43H62O8/c1-38(2,3)21-47-37(46)42-18-32-10-33(19-42)43(34(11-32)20-42)50-24-39(25-51-43,22-48-35(44)40-12-26-4-27(13-40)6-28(5-26)14-40)23-49-36(45)41-15-29-7-30(16-41)9-31(8-29)17-41/h26-34H,4-25H2,1-3H3. The zero-order chi connectivity index (χ0) is 35.0. The van der Waals surface area contributed by atoms with Crippen molar-refractivity contribution in [3.63, 3.8) is 0 Å². The van der Waals surface area contributed by atoms with Gasteiger partial charge in [0.05, 0.1) is 41.5 Å². The van der Waals surface area contributed by atoms with Crippen molar-refractivity contribution in [3.8, 4) is 0 Å². The van der Waals surface area contributed by atoms with Crippen molar-refractivity contribution >= 4 is 17.9 Å². The monoisotopic (exact) mass is 706 g/mol. The molecule has 12 saturated carbocycles. The SMILES string of the molecule is CC(C)(C)COC(=O)C12CC3CC(C1)C1(OCC(COC(=O)C45CC6CC(CC(C6)C4)C5)(COC(=O)C45CC6CC(CC(C6)C4)C5)CO1)C(C3)C2. The lowest BCUT2D eigenvalue weighted by atomic mass is 9.47. The third-order valence-electron chi connectivity index (χ3n) is 16.6. The number of ether oxygens (including phenoxy) is 5. The van der Waals surface area contributed by atoms with Crippen LogP contribution < -0.4 is 0 Å². The molecule has 12 aliphatic carbocycles. The minimum atomic E-state index is -0.751. The van der Waals surface area contributed by atoms with Crippen molar-refractivity contribution in [1.29, 1.82) is 0 Å². The molecular weight excluding hydrogens is 644 g/mol. The van der Waals surface area contributed by atoms with Crippen molar-refractivity contribution < 1.29 is 38.1 Å². The van der Waals surface area contributed by atoms with Gasteiger partial charge in [0.15, 0.2) is 5.79 Å². The predicted octanol–water partition coefficient (Wildman–Crippen LogP) is 7.65. The molecule has 2 atom stereocenters. The first kappa shape index (κ1) is 33.9. The van der Waals surface area contributed by atoms with Gasteiger partial charge in [-0.15, -0.1) is 0 Å². The Bertz CT molecular complexity index is 1300. The van der Waals surface area contributed by atoms with E-state index in [0.717, 1.165) is 70.6 Å². The van der Waals surface area contributed by atoms with Crippen LogP contribution in [0.3, 0.4) is 0 Å². The predicted molar refractivity (Wildman–Crippen MR) is 187 cm³/mol. The van der Waals surface area contributed by atoms with Crippen molar-refractivity contribution in [3.05, 3.63) is 0 Å². The first-order valence-electron chi connectivity index (χ1n) is 21.1. The van der Waals surface area contributed by atoms with Gasteiger partial charge < -0.3 is 23.7 Å². The van der Waals surface area contributed by atoms with Gasteiger partial charge in [-0.2, -0.15) is 0 Å². The maximum Gasteiger partial charge on any atom is 0.312 e. The highest BCUT2D eigenvalue weighted by molar-refractivity contribution is 5.79.